The van der Waals surface area contributed by atoms with E-state index < -0.39 is 17.7 Å². The highest BCUT2D eigenvalue weighted by atomic mass is 32.1. The monoisotopic (exact) mass is 380 g/mol. The van der Waals surface area contributed by atoms with Crippen LogP contribution in [0.2, 0.25) is 0 Å². The van der Waals surface area contributed by atoms with E-state index in [0.717, 1.165) is 28.3 Å². The number of hydrogen-bond acceptors (Lipinski definition) is 4. The van der Waals surface area contributed by atoms with Gasteiger partial charge in [-0.1, -0.05) is 30.3 Å². The summed E-state index contributed by atoms with van der Waals surface area (Å²) in [6.45, 7) is 3.26. The summed E-state index contributed by atoms with van der Waals surface area (Å²) >= 11 is 0.903. The molecule has 26 heavy (non-hydrogen) atoms. The number of esters is 1. The van der Waals surface area contributed by atoms with Gasteiger partial charge in [0.15, 0.2) is 0 Å². The van der Waals surface area contributed by atoms with Gasteiger partial charge in [0, 0.05) is 21.4 Å². The number of benzene rings is 1. The van der Waals surface area contributed by atoms with Gasteiger partial charge in [-0.2, -0.15) is 13.2 Å². The first-order chi connectivity index (χ1) is 12.3. The number of thiophene rings is 1. The lowest BCUT2D eigenvalue weighted by molar-refractivity contribution is -0.137. The molecule has 0 aliphatic carbocycles. The molecular weight excluding hydrogens is 365 g/mol. The molecule has 0 radical (unpaired) electrons. The molecule has 0 unspecified atom stereocenters. The van der Waals surface area contributed by atoms with Crippen LogP contribution in [0.4, 0.5) is 13.2 Å². The van der Waals surface area contributed by atoms with Crippen molar-refractivity contribution in [3.63, 3.8) is 0 Å². The zero-order chi connectivity index (χ0) is 18.9. The van der Waals surface area contributed by atoms with E-state index in [0.29, 0.717) is 27.5 Å². The Morgan fingerprint density at radius 1 is 1.19 bits per heavy atom. The Balaban J connectivity index is 1.81. The first kappa shape index (κ1) is 18.3. The lowest BCUT2D eigenvalue weighted by Crippen LogP contribution is -2.07. The van der Waals surface area contributed by atoms with E-state index in [1.54, 1.807) is 13.8 Å². The maximum atomic E-state index is 12.6. The lowest BCUT2D eigenvalue weighted by Gasteiger charge is -2.05. The Morgan fingerprint density at radius 3 is 2.50 bits per heavy atom. The van der Waals surface area contributed by atoms with E-state index in [1.807, 2.05) is 30.3 Å². The van der Waals surface area contributed by atoms with Gasteiger partial charge in [0.1, 0.15) is 23.7 Å². The molecule has 0 amide bonds. The second-order valence-electron chi connectivity index (χ2n) is 5.73. The minimum Gasteiger partial charge on any atom is -0.460 e. The summed E-state index contributed by atoms with van der Waals surface area (Å²) in [5.74, 6) is 0.360. The quantitative estimate of drug-likeness (QED) is 0.521. The third-order valence-corrected chi connectivity index (χ3v) is 4.86. The van der Waals surface area contributed by atoms with Crippen LogP contribution in [0.15, 0.2) is 46.2 Å². The van der Waals surface area contributed by atoms with Gasteiger partial charge < -0.3 is 9.15 Å². The topological polar surface area (TPSA) is 39.4 Å². The normalized spacial score (nSPS) is 11.6. The average molecular weight is 380 g/mol. The van der Waals surface area contributed by atoms with Crippen molar-refractivity contribution in [3.05, 3.63) is 69.1 Å². The van der Waals surface area contributed by atoms with Gasteiger partial charge >= 0.3 is 12.1 Å². The van der Waals surface area contributed by atoms with E-state index in [1.165, 1.54) is 0 Å². The minimum atomic E-state index is -4.41. The fourth-order valence-electron chi connectivity index (χ4n) is 2.48. The van der Waals surface area contributed by atoms with Crippen LogP contribution < -0.4 is 0 Å². The van der Waals surface area contributed by atoms with Gasteiger partial charge in [0.25, 0.3) is 0 Å². The third kappa shape index (κ3) is 3.67. The number of hydrogen-bond donors (Lipinski definition) is 0. The van der Waals surface area contributed by atoms with Crippen LogP contribution in [0.25, 0.3) is 11.3 Å². The molecule has 0 aliphatic heterocycles. The molecule has 0 aliphatic rings. The second-order valence-corrected chi connectivity index (χ2v) is 6.72. The first-order valence-corrected chi connectivity index (χ1v) is 8.62. The zero-order valence-electron chi connectivity index (χ0n) is 14.0. The van der Waals surface area contributed by atoms with E-state index in [-0.39, 0.29) is 6.61 Å². The predicted molar refractivity (Wildman–Crippen MR) is 92.1 cm³/mol. The van der Waals surface area contributed by atoms with Gasteiger partial charge in [-0.15, -0.1) is 11.3 Å². The molecule has 3 nitrogen and oxygen atoms in total. The molecule has 0 N–H and O–H groups in total. The van der Waals surface area contributed by atoms with Crippen LogP contribution in [-0.2, 0) is 17.5 Å². The molecule has 136 valence electrons. The predicted octanol–water partition coefficient (Wildman–Crippen LogP) is 6.00. The van der Waals surface area contributed by atoms with E-state index in [9.17, 15) is 18.0 Å². The SMILES string of the molecule is Cc1oc(-c2ccccc2)c(C(=O)OCc2cc(C(F)(F)F)cs2)c1C. The van der Waals surface area contributed by atoms with E-state index >= 15 is 0 Å². The number of halogens is 3. The van der Waals surface area contributed by atoms with Crippen molar-refractivity contribution < 1.29 is 27.1 Å². The lowest BCUT2D eigenvalue weighted by atomic mass is 10.1. The summed E-state index contributed by atoms with van der Waals surface area (Å²) in [4.78, 5) is 12.9. The van der Waals surface area contributed by atoms with Gasteiger partial charge in [-0.3, -0.25) is 0 Å². The summed E-state index contributed by atoms with van der Waals surface area (Å²) in [6, 6.07) is 10.1. The molecule has 0 saturated carbocycles. The molecule has 0 spiro atoms. The highest BCUT2D eigenvalue weighted by Gasteiger charge is 2.32. The second kappa shape index (κ2) is 6.99. The largest absolute Gasteiger partial charge is 0.460 e. The fourth-order valence-corrected chi connectivity index (χ4v) is 3.28. The Labute approximate surface area is 152 Å². The van der Waals surface area contributed by atoms with Crippen LogP contribution >= 0.6 is 11.3 Å². The number of carbonyl (C=O) groups is 1. The molecule has 2 aromatic heterocycles. The summed E-state index contributed by atoms with van der Waals surface area (Å²) in [5.41, 5.74) is 0.928. The first-order valence-electron chi connectivity index (χ1n) is 7.74. The van der Waals surface area contributed by atoms with Gasteiger partial charge in [-0.25, -0.2) is 4.79 Å². The van der Waals surface area contributed by atoms with Crippen molar-refractivity contribution in [1.82, 2.24) is 0 Å². The smallest absolute Gasteiger partial charge is 0.417 e. The summed E-state index contributed by atoms with van der Waals surface area (Å²) in [7, 11) is 0. The molecule has 0 bridgehead atoms. The van der Waals surface area contributed by atoms with Crippen molar-refractivity contribution in [1.29, 1.82) is 0 Å². The summed E-state index contributed by atoms with van der Waals surface area (Å²) in [5, 5.41) is 1.01. The maximum Gasteiger partial charge on any atom is 0.417 e. The number of ether oxygens (including phenoxy) is 1. The van der Waals surface area contributed by atoms with E-state index in [2.05, 4.69) is 0 Å². The number of rotatable bonds is 4. The van der Waals surface area contributed by atoms with E-state index in [4.69, 9.17) is 9.15 Å². The molecular formula is C19H15F3O3S. The van der Waals surface area contributed by atoms with Crippen molar-refractivity contribution in [3.8, 4) is 11.3 Å². The number of aryl methyl sites for hydroxylation is 1. The zero-order valence-corrected chi connectivity index (χ0v) is 14.8. The van der Waals surface area contributed by atoms with Crippen molar-refractivity contribution >= 4 is 17.3 Å². The van der Waals surface area contributed by atoms with Crippen LogP contribution in [0.3, 0.4) is 0 Å². The number of carbonyl (C=O) groups excluding carboxylic acids is 1. The maximum absolute atomic E-state index is 12.6. The van der Waals surface area contributed by atoms with Crippen molar-refractivity contribution in [2.45, 2.75) is 26.6 Å². The highest BCUT2D eigenvalue weighted by molar-refractivity contribution is 7.10. The van der Waals surface area contributed by atoms with Crippen LogP contribution in [0, 0.1) is 13.8 Å². The molecule has 2 heterocycles. The Bertz CT molecular complexity index is 923. The summed E-state index contributed by atoms with van der Waals surface area (Å²) < 4.78 is 48.9. The van der Waals surface area contributed by atoms with Crippen LogP contribution in [-0.4, -0.2) is 5.97 Å². The molecule has 3 aromatic rings. The molecule has 0 fully saturated rings. The van der Waals surface area contributed by atoms with Crippen LogP contribution in [0.1, 0.15) is 32.1 Å². The van der Waals surface area contributed by atoms with Gasteiger partial charge in [-0.05, 0) is 19.9 Å². The molecule has 7 heteroatoms. The van der Waals surface area contributed by atoms with Crippen molar-refractivity contribution in [2.75, 3.05) is 0 Å². The molecule has 0 atom stereocenters. The molecule has 0 saturated heterocycles. The Kier molecular flexibility index (Phi) is 4.91. The summed E-state index contributed by atoms with van der Waals surface area (Å²) in [6.07, 6.45) is -4.41. The molecule has 1 aromatic carbocycles. The molecule has 3 rings (SSSR count). The standard InChI is InChI=1S/C19H15F3O3S/c1-11-12(2)25-17(13-6-4-3-5-7-13)16(11)18(23)24-9-15-8-14(10-26-15)19(20,21)22/h3-8,10H,9H2,1-2H3. The van der Waals surface area contributed by atoms with Crippen molar-refractivity contribution in [2.24, 2.45) is 0 Å². The van der Waals surface area contributed by atoms with Gasteiger partial charge in [0.2, 0.25) is 0 Å². The number of furan rings is 1. The fraction of sp³-hybridized carbons (Fsp3) is 0.211. The highest BCUT2D eigenvalue weighted by Crippen LogP contribution is 2.34. The van der Waals surface area contributed by atoms with Gasteiger partial charge in [0.05, 0.1) is 5.56 Å². The third-order valence-electron chi connectivity index (χ3n) is 3.95. The Morgan fingerprint density at radius 2 is 1.88 bits per heavy atom. The Hall–Kier alpha value is -2.54. The average Bonchev–Trinajstić information content (AvgIpc) is 3.19. The number of alkyl halides is 3. The van der Waals surface area contributed by atoms with Crippen LogP contribution in [0.5, 0.6) is 0 Å². The minimum absolute atomic E-state index is 0.225.